The molecule has 0 spiro atoms. The molecule has 1 fully saturated rings. The summed E-state index contributed by atoms with van der Waals surface area (Å²) in [5, 5.41) is 0.477. The van der Waals surface area contributed by atoms with E-state index in [1.54, 1.807) is 18.2 Å². The van der Waals surface area contributed by atoms with E-state index in [0.717, 1.165) is 30.1 Å². The van der Waals surface area contributed by atoms with Crippen LogP contribution in [0.15, 0.2) is 59.3 Å². The summed E-state index contributed by atoms with van der Waals surface area (Å²) in [5.74, 6) is -0.894. The number of amides is 2. The van der Waals surface area contributed by atoms with Crippen molar-refractivity contribution < 1.29 is 9.59 Å². The van der Waals surface area contributed by atoms with Crippen molar-refractivity contribution in [1.82, 2.24) is 9.80 Å². The molecule has 29 heavy (non-hydrogen) atoms. The maximum absolute atomic E-state index is 13.1. The Kier molecular flexibility index (Phi) is 5.63. The minimum atomic E-state index is -0.502. The lowest BCUT2D eigenvalue weighted by Crippen LogP contribution is -2.47. The first-order chi connectivity index (χ1) is 14.0. The van der Waals surface area contributed by atoms with E-state index in [-0.39, 0.29) is 10.7 Å². The quantitative estimate of drug-likeness (QED) is 0.693. The summed E-state index contributed by atoms with van der Waals surface area (Å²) in [5.41, 5.74) is 2.86. The van der Waals surface area contributed by atoms with Gasteiger partial charge in [-0.25, -0.2) is 4.90 Å². The molecule has 2 aliphatic rings. The third-order valence-corrected chi connectivity index (χ3v) is 6.10. The number of imide groups is 1. The van der Waals surface area contributed by atoms with Crippen LogP contribution in [0.25, 0.3) is 0 Å². The molecular formula is C22H21Cl2N3O2. The number of carbonyl (C=O) groups is 2. The third kappa shape index (κ3) is 3.90. The fraction of sp³-hybridized carbons (Fsp3) is 0.273. The Labute approximate surface area is 180 Å². The van der Waals surface area contributed by atoms with Crippen molar-refractivity contribution in [3.63, 3.8) is 0 Å². The number of benzene rings is 2. The second-order valence-electron chi connectivity index (χ2n) is 7.29. The van der Waals surface area contributed by atoms with Gasteiger partial charge in [0, 0.05) is 37.7 Å². The molecule has 0 aromatic heterocycles. The van der Waals surface area contributed by atoms with Gasteiger partial charge in [0.05, 0.1) is 5.69 Å². The Morgan fingerprint density at radius 2 is 1.59 bits per heavy atom. The summed E-state index contributed by atoms with van der Waals surface area (Å²) < 4.78 is 0. The first kappa shape index (κ1) is 20.0. The number of halogens is 2. The van der Waals surface area contributed by atoms with Gasteiger partial charge in [0.15, 0.2) is 0 Å². The SMILES string of the molecule is Cc1ccc(N2C(=O)C(Cl)=C(N3CCN(Cc4ccccc4)CC3)C2=O)cc1Cl. The van der Waals surface area contributed by atoms with Gasteiger partial charge in [-0.2, -0.15) is 0 Å². The van der Waals surface area contributed by atoms with Gasteiger partial charge in [0.2, 0.25) is 0 Å². The summed E-state index contributed by atoms with van der Waals surface area (Å²) in [7, 11) is 0. The van der Waals surface area contributed by atoms with Gasteiger partial charge < -0.3 is 4.90 Å². The summed E-state index contributed by atoms with van der Waals surface area (Å²) in [6.45, 7) is 5.59. The van der Waals surface area contributed by atoms with Crippen molar-refractivity contribution in [2.24, 2.45) is 0 Å². The highest BCUT2D eigenvalue weighted by molar-refractivity contribution is 6.52. The van der Waals surface area contributed by atoms with Gasteiger partial charge in [-0.05, 0) is 30.2 Å². The number of hydrogen-bond acceptors (Lipinski definition) is 4. The Balaban J connectivity index is 1.47. The van der Waals surface area contributed by atoms with E-state index >= 15 is 0 Å². The number of carbonyl (C=O) groups excluding carboxylic acids is 2. The number of nitrogens with zero attached hydrogens (tertiary/aromatic N) is 3. The maximum Gasteiger partial charge on any atom is 0.283 e. The van der Waals surface area contributed by atoms with Gasteiger partial charge in [0.1, 0.15) is 10.7 Å². The van der Waals surface area contributed by atoms with Crippen molar-refractivity contribution >= 4 is 40.7 Å². The van der Waals surface area contributed by atoms with Crippen LogP contribution in [0.1, 0.15) is 11.1 Å². The van der Waals surface area contributed by atoms with Crippen molar-refractivity contribution in [3.8, 4) is 0 Å². The topological polar surface area (TPSA) is 43.9 Å². The van der Waals surface area contributed by atoms with Gasteiger partial charge in [0.25, 0.3) is 11.8 Å². The van der Waals surface area contributed by atoms with Crippen LogP contribution in [-0.4, -0.2) is 47.8 Å². The minimum Gasteiger partial charge on any atom is -0.363 e. The Morgan fingerprint density at radius 1 is 0.897 bits per heavy atom. The predicted octanol–water partition coefficient (Wildman–Crippen LogP) is 3.79. The van der Waals surface area contributed by atoms with E-state index in [9.17, 15) is 9.59 Å². The molecule has 5 nitrogen and oxygen atoms in total. The molecule has 0 unspecified atom stereocenters. The van der Waals surface area contributed by atoms with E-state index in [0.29, 0.717) is 23.8 Å². The number of aryl methyl sites for hydroxylation is 1. The first-order valence-electron chi connectivity index (χ1n) is 9.51. The number of hydrogen-bond donors (Lipinski definition) is 0. The molecule has 1 saturated heterocycles. The van der Waals surface area contributed by atoms with Crippen LogP contribution in [0.4, 0.5) is 5.69 Å². The van der Waals surface area contributed by atoms with Crippen molar-refractivity contribution in [3.05, 3.63) is 75.4 Å². The standard InChI is InChI=1S/C22H21Cl2N3O2/c1-15-7-8-17(13-18(15)23)27-21(28)19(24)20(22(27)29)26-11-9-25(10-12-26)14-16-5-3-2-4-6-16/h2-8,13H,9-12,14H2,1H3. The summed E-state index contributed by atoms with van der Waals surface area (Å²) in [6.07, 6.45) is 0. The normalized spacial score (nSPS) is 18.2. The average Bonchev–Trinajstić information content (AvgIpc) is 2.94. The molecule has 4 rings (SSSR count). The molecule has 0 aliphatic carbocycles. The zero-order chi connectivity index (χ0) is 20.5. The van der Waals surface area contributed by atoms with Crippen LogP contribution in [0.5, 0.6) is 0 Å². The molecule has 2 aromatic rings. The van der Waals surface area contributed by atoms with E-state index in [1.165, 1.54) is 5.56 Å². The van der Waals surface area contributed by atoms with E-state index in [2.05, 4.69) is 17.0 Å². The second kappa shape index (κ2) is 8.19. The Morgan fingerprint density at radius 3 is 2.24 bits per heavy atom. The molecule has 0 bridgehead atoms. The molecule has 2 aliphatic heterocycles. The summed E-state index contributed by atoms with van der Waals surface area (Å²) in [4.78, 5) is 31.1. The molecule has 0 atom stereocenters. The van der Waals surface area contributed by atoms with Gasteiger partial charge in [-0.1, -0.05) is 59.6 Å². The van der Waals surface area contributed by atoms with Crippen LogP contribution in [0.2, 0.25) is 5.02 Å². The highest BCUT2D eigenvalue weighted by Crippen LogP contribution is 2.33. The third-order valence-electron chi connectivity index (χ3n) is 5.36. The molecule has 2 amide bonds. The molecule has 0 saturated carbocycles. The van der Waals surface area contributed by atoms with Crippen molar-refractivity contribution in [2.75, 3.05) is 31.1 Å². The zero-order valence-electron chi connectivity index (χ0n) is 16.1. The van der Waals surface area contributed by atoms with E-state index < -0.39 is 11.8 Å². The largest absolute Gasteiger partial charge is 0.363 e. The van der Waals surface area contributed by atoms with Crippen LogP contribution >= 0.6 is 23.2 Å². The van der Waals surface area contributed by atoms with Crippen LogP contribution in [0, 0.1) is 6.92 Å². The lowest BCUT2D eigenvalue weighted by Gasteiger charge is -2.36. The van der Waals surface area contributed by atoms with E-state index in [4.69, 9.17) is 23.2 Å². The number of piperazine rings is 1. The molecule has 0 N–H and O–H groups in total. The summed E-state index contributed by atoms with van der Waals surface area (Å²) in [6, 6.07) is 15.4. The maximum atomic E-state index is 13.1. The number of rotatable bonds is 4. The van der Waals surface area contributed by atoms with Crippen LogP contribution < -0.4 is 4.90 Å². The zero-order valence-corrected chi connectivity index (χ0v) is 17.6. The van der Waals surface area contributed by atoms with Gasteiger partial charge in [-0.15, -0.1) is 0 Å². The van der Waals surface area contributed by atoms with Crippen LogP contribution in [0.3, 0.4) is 0 Å². The van der Waals surface area contributed by atoms with Gasteiger partial charge in [-0.3, -0.25) is 14.5 Å². The average molecular weight is 430 g/mol. The molecular weight excluding hydrogens is 409 g/mol. The van der Waals surface area contributed by atoms with Gasteiger partial charge >= 0.3 is 0 Å². The highest BCUT2D eigenvalue weighted by atomic mass is 35.5. The van der Waals surface area contributed by atoms with Crippen molar-refractivity contribution in [1.29, 1.82) is 0 Å². The molecule has 2 heterocycles. The monoisotopic (exact) mass is 429 g/mol. The molecule has 2 aromatic carbocycles. The van der Waals surface area contributed by atoms with E-state index in [1.807, 2.05) is 30.0 Å². The lowest BCUT2D eigenvalue weighted by molar-refractivity contribution is -0.121. The second-order valence-corrected chi connectivity index (χ2v) is 8.08. The molecule has 7 heteroatoms. The van der Waals surface area contributed by atoms with Crippen molar-refractivity contribution in [2.45, 2.75) is 13.5 Å². The Hall–Kier alpha value is -2.34. The Bertz CT molecular complexity index is 983. The minimum absolute atomic E-state index is 0.0248. The fourth-order valence-electron chi connectivity index (χ4n) is 3.69. The molecule has 0 radical (unpaired) electrons. The lowest BCUT2D eigenvalue weighted by atomic mass is 10.2. The fourth-order valence-corrected chi connectivity index (χ4v) is 4.15. The predicted molar refractivity (Wildman–Crippen MR) is 115 cm³/mol. The number of anilines is 1. The van der Waals surface area contributed by atoms with Crippen LogP contribution in [-0.2, 0) is 16.1 Å². The smallest absolute Gasteiger partial charge is 0.283 e. The highest BCUT2D eigenvalue weighted by Gasteiger charge is 2.42. The first-order valence-corrected chi connectivity index (χ1v) is 10.3. The molecule has 150 valence electrons. The summed E-state index contributed by atoms with van der Waals surface area (Å²) >= 11 is 12.5.